The van der Waals surface area contributed by atoms with Gasteiger partial charge < -0.3 is 19.5 Å². The Bertz CT molecular complexity index is 1020. The first-order valence-corrected chi connectivity index (χ1v) is 9.77. The van der Waals surface area contributed by atoms with Gasteiger partial charge in [0.15, 0.2) is 21.7 Å². The number of aromatic nitrogens is 1. The normalized spacial score (nSPS) is 10.2. The first-order valence-electron chi connectivity index (χ1n) is 8.48. The number of methoxy groups -OCH3 is 3. The molecule has 0 atom stereocenters. The lowest BCUT2D eigenvalue weighted by molar-refractivity contribution is 0.0977. The van der Waals surface area contributed by atoms with Gasteiger partial charge in [-0.3, -0.25) is 10.1 Å². The molecule has 9 heteroatoms. The zero-order valence-corrected chi connectivity index (χ0v) is 17.6. The summed E-state index contributed by atoms with van der Waals surface area (Å²) in [6.07, 6.45) is 0. The molecule has 1 aromatic heterocycles. The lowest BCUT2D eigenvalue weighted by Crippen LogP contribution is -2.34. The molecule has 0 aliphatic carbocycles. The number of hydrogen-bond acceptors (Lipinski definition) is 7. The van der Waals surface area contributed by atoms with Crippen molar-refractivity contribution in [2.24, 2.45) is 0 Å². The van der Waals surface area contributed by atoms with E-state index < -0.39 is 0 Å². The lowest BCUT2D eigenvalue weighted by atomic mass is 10.1. The van der Waals surface area contributed by atoms with Crippen molar-refractivity contribution in [1.29, 1.82) is 0 Å². The van der Waals surface area contributed by atoms with E-state index in [1.165, 1.54) is 11.3 Å². The standard InChI is InChI=1S/C20H19N3O4S2/c1-25-14-7-4-12(5-8-14)18(24)22-19(28)23-20-21-15(11-29-20)13-6-9-16(26-2)17(10-13)27-3/h4-11H,1-3H3,(H2,21,22,23,24,28). The van der Waals surface area contributed by atoms with Gasteiger partial charge in [0.05, 0.1) is 27.0 Å². The molecular formula is C20H19N3O4S2. The molecule has 3 rings (SSSR count). The van der Waals surface area contributed by atoms with Crippen LogP contribution in [0.1, 0.15) is 10.4 Å². The van der Waals surface area contributed by atoms with Crippen LogP contribution in [-0.4, -0.2) is 37.3 Å². The maximum absolute atomic E-state index is 12.3. The van der Waals surface area contributed by atoms with Gasteiger partial charge in [-0.25, -0.2) is 4.98 Å². The molecule has 0 aliphatic rings. The van der Waals surface area contributed by atoms with Crippen molar-refractivity contribution in [3.63, 3.8) is 0 Å². The zero-order valence-electron chi connectivity index (χ0n) is 16.0. The van der Waals surface area contributed by atoms with Crippen molar-refractivity contribution < 1.29 is 19.0 Å². The van der Waals surface area contributed by atoms with Crippen molar-refractivity contribution in [2.75, 3.05) is 26.6 Å². The van der Waals surface area contributed by atoms with Crippen LogP contribution in [0.25, 0.3) is 11.3 Å². The molecule has 7 nitrogen and oxygen atoms in total. The number of nitrogens with zero attached hydrogens (tertiary/aromatic N) is 1. The minimum atomic E-state index is -0.318. The van der Waals surface area contributed by atoms with E-state index in [1.54, 1.807) is 45.6 Å². The van der Waals surface area contributed by atoms with Crippen LogP contribution in [0.5, 0.6) is 17.2 Å². The van der Waals surface area contributed by atoms with Crippen LogP contribution >= 0.6 is 23.6 Å². The molecule has 3 aromatic rings. The van der Waals surface area contributed by atoms with E-state index in [2.05, 4.69) is 15.6 Å². The molecule has 0 saturated carbocycles. The molecule has 150 valence electrons. The molecule has 0 spiro atoms. The summed E-state index contributed by atoms with van der Waals surface area (Å²) in [5.41, 5.74) is 2.10. The second kappa shape index (κ2) is 9.35. The predicted octanol–water partition coefficient (Wildman–Crippen LogP) is 3.96. The number of ether oxygens (including phenoxy) is 3. The third-order valence-electron chi connectivity index (χ3n) is 3.98. The van der Waals surface area contributed by atoms with E-state index in [0.29, 0.717) is 27.9 Å². The van der Waals surface area contributed by atoms with Gasteiger partial charge in [0.25, 0.3) is 5.91 Å². The summed E-state index contributed by atoms with van der Waals surface area (Å²) in [7, 11) is 4.74. The van der Waals surface area contributed by atoms with Crippen molar-refractivity contribution in [2.45, 2.75) is 0 Å². The van der Waals surface area contributed by atoms with Crippen LogP contribution in [0.4, 0.5) is 5.13 Å². The summed E-state index contributed by atoms with van der Waals surface area (Å²) in [5, 5.41) is 8.18. The highest BCUT2D eigenvalue weighted by Gasteiger charge is 2.12. The molecule has 0 saturated heterocycles. The van der Waals surface area contributed by atoms with Crippen LogP contribution in [0.15, 0.2) is 47.8 Å². The van der Waals surface area contributed by atoms with E-state index in [0.717, 1.165) is 11.3 Å². The molecule has 0 aliphatic heterocycles. The van der Waals surface area contributed by atoms with Gasteiger partial charge in [-0.15, -0.1) is 11.3 Å². The Morgan fingerprint density at radius 2 is 1.72 bits per heavy atom. The summed E-state index contributed by atoms with van der Waals surface area (Å²) in [5.74, 6) is 1.62. The Kier molecular flexibility index (Phi) is 6.63. The second-order valence-electron chi connectivity index (χ2n) is 5.74. The van der Waals surface area contributed by atoms with Crippen LogP contribution in [0.3, 0.4) is 0 Å². The maximum atomic E-state index is 12.3. The van der Waals surface area contributed by atoms with Gasteiger partial charge in [0.2, 0.25) is 0 Å². The van der Waals surface area contributed by atoms with E-state index in [4.69, 9.17) is 26.4 Å². The first-order chi connectivity index (χ1) is 14.0. The third-order valence-corrected chi connectivity index (χ3v) is 4.95. The lowest BCUT2D eigenvalue weighted by Gasteiger charge is -2.08. The van der Waals surface area contributed by atoms with Gasteiger partial charge in [-0.1, -0.05) is 0 Å². The summed E-state index contributed by atoms with van der Waals surface area (Å²) < 4.78 is 15.7. The molecule has 1 heterocycles. The molecule has 0 radical (unpaired) electrons. The molecule has 0 fully saturated rings. The molecule has 2 N–H and O–H groups in total. The quantitative estimate of drug-likeness (QED) is 0.574. The van der Waals surface area contributed by atoms with Gasteiger partial charge in [-0.2, -0.15) is 0 Å². The van der Waals surface area contributed by atoms with Gasteiger partial charge in [0, 0.05) is 16.5 Å². The van der Waals surface area contributed by atoms with Crippen molar-refractivity contribution in [3.8, 4) is 28.5 Å². The number of amides is 1. The van der Waals surface area contributed by atoms with E-state index >= 15 is 0 Å². The first kappa shape index (κ1) is 20.6. The molecule has 0 unspecified atom stereocenters. The summed E-state index contributed by atoms with van der Waals surface area (Å²) in [6, 6.07) is 12.3. The van der Waals surface area contributed by atoms with Crippen molar-refractivity contribution in [1.82, 2.24) is 10.3 Å². The van der Waals surface area contributed by atoms with Gasteiger partial charge in [-0.05, 0) is 54.7 Å². The van der Waals surface area contributed by atoms with Crippen molar-refractivity contribution >= 4 is 39.7 Å². The topological polar surface area (TPSA) is 81.7 Å². The highest BCUT2D eigenvalue weighted by molar-refractivity contribution is 7.80. The number of anilines is 1. The fourth-order valence-electron chi connectivity index (χ4n) is 2.51. The highest BCUT2D eigenvalue weighted by Crippen LogP contribution is 2.33. The number of nitrogens with one attached hydrogen (secondary N) is 2. The average molecular weight is 430 g/mol. The van der Waals surface area contributed by atoms with Gasteiger partial charge in [0.1, 0.15) is 5.75 Å². The fourth-order valence-corrected chi connectivity index (χ4v) is 3.48. The highest BCUT2D eigenvalue weighted by atomic mass is 32.1. The Morgan fingerprint density at radius 1 is 1.00 bits per heavy atom. The minimum Gasteiger partial charge on any atom is -0.497 e. The largest absolute Gasteiger partial charge is 0.497 e. The summed E-state index contributed by atoms with van der Waals surface area (Å²) in [6.45, 7) is 0. The number of rotatable bonds is 6. The number of carbonyl (C=O) groups is 1. The Labute approximate surface area is 177 Å². The van der Waals surface area contributed by atoms with E-state index in [9.17, 15) is 4.79 Å². The predicted molar refractivity (Wildman–Crippen MR) is 117 cm³/mol. The Morgan fingerprint density at radius 3 is 2.38 bits per heavy atom. The van der Waals surface area contributed by atoms with Crippen LogP contribution < -0.4 is 24.8 Å². The molecule has 29 heavy (non-hydrogen) atoms. The minimum absolute atomic E-state index is 0.166. The summed E-state index contributed by atoms with van der Waals surface area (Å²) in [4.78, 5) is 16.8. The monoisotopic (exact) mass is 429 g/mol. The zero-order chi connectivity index (χ0) is 20.8. The number of hydrogen-bond donors (Lipinski definition) is 2. The van der Waals surface area contributed by atoms with Crippen LogP contribution in [0.2, 0.25) is 0 Å². The molecule has 2 aromatic carbocycles. The van der Waals surface area contributed by atoms with E-state index in [-0.39, 0.29) is 11.0 Å². The summed E-state index contributed by atoms with van der Waals surface area (Å²) >= 11 is 6.60. The SMILES string of the molecule is COc1ccc(C(=O)NC(=S)Nc2nc(-c3ccc(OC)c(OC)c3)cs2)cc1. The fraction of sp³-hybridized carbons (Fsp3) is 0.150. The van der Waals surface area contributed by atoms with Crippen molar-refractivity contribution in [3.05, 3.63) is 53.4 Å². The molecule has 1 amide bonds. The number of benzene rings is 2. The Balaban J connectivity index is 1.65. The smallest absolute Gasteiger partial charge is 0.257 e. The average Bonchev–Trinajstić information content (AvgIpc) is 3.21. The number of thiocarbonyl (C=S) groups is 1. The maximum Gasteiger partial charge on any atom is 0.257 e. The number of thiazole rings is 1. The second-order valence-corrected chi connectivity index (χ2v) is 7.01. The Hall–Kier alpha value is -3.17. The van der Waals surface area contributed by atoms with E-state index in [1.807, 2.05) is 23.6 Å². The molecular weight excluding hydrogens is 410 g/mol. The van der Waals surface area contributed by atoms with Crippen LogP contribution in [0, 0.1) is 0 Å². The van der Waals surface area contributed by atoms with Gasteiger partial charge >= 0.3 is 0 Å². The third kappa shape index (κ3) is 5.01. The van der Waals surface area contributed by atoms with Crippen LogP contribution in [-0.2, 0) is 0 Å². The molecule has 0 bridgehead atoms. The number of carbonyl (C=O) groups excluding carboxylic acids is 1.